The van der Waals surface area contributed by atoms with Crippen molar-refractivity contribution in [1.82, 2.24) is 20.9 Å². The van der Waals surface area contributed by atoms with E-state index < -0.39 is 0 Å². The van der Waals surface area contributed by atoms with Crippen molar-refractivity contribution in [2.24, 2.45) is 11.8 Å². The van der Waals surface area contributed by atoms with E-state index in [1.807, 2.05) is 19.1 Å². The van der Waals surface area contributed by atoms with Crippen molar-refractivity contribution in [1.29, 1.82) is 0 Å². The fraction of sp³-hybridized carbons (Fsp3) is 0.667. The molecule has 4 saturated carbocycles. The molecule has 1 aromatic rings. The number of urea groups is 1. The standard InChI is InChI=1S/C21H30N4O2/c1-3-7-22-19(27)25-21-11-15-8-16(12-21)10-20(9-15,13-21)24-18(26)17-6-4-5-14(2)23-17/h4-6,15-16H,3,7-13H2,1-2H3,(H,24,26)(H2,22,25,27). The average molecular weight is 370 g/mol. The van der Waals surface area contributed by atoms with Crippen LogP contribution in [0.3, 0.4) is 0 Å². The Bertz CT molecular complexity index is 733. The van der Waals surface area contributed by atoms with Crippen LogP contribution in [0.25, 0.3) is 0 Å². The van der Waals surface area contributed by atoms with Gasteiger partial charge in [-0.15, -0.1) is 0 Å². The van der Waals surface area contributed by atoms with Crippen molar-refractivity contribution < 1.29 is 9.59 Å². The van der Waals surface area contributed by atoms with Gasteiger partial charge in [0.05, 0.1) is 0 Å². The van der Waals surface area contributed by atoms with Crippen LogP contribution in [-0.2, 0) is 0 Å². The number of pyridine rings is 1. The Kier molecular flexibility index (Phi) is 4.60. The third kappa shape index (κ3) is 3.66. The van der Waals surface area contributed by atoms with Crippen molar-refractivity contribution in [2.45, 2.75) is 69.9 Å². The summed E-state index contributed by atoms with van der Waals surface area (Å²) in [5, 5.41) is 9.57. The Balaban J connectivity index is 1.51. The van der Waals surface area contributed by atoms with Crippen molar-refractivity contribution in [3.8, 4) is 0 Å². The van der Waals surface area contributed by atoms with E-state index in [0.717, 1.165) is 44.2 Å². The molecule has 0 saturated heterocycles. The van der Waals surface area contributed by atoms with Crippen LogP contribution in [-0.4, -0.2) is 34.5 Å². The van der Waals surface area contributed by atoms with E-state index in [4.69, 9.17) is 0 Å². The molecule has 1 heterocycles. The van der Waals surface area contributed by atoms with Gasteiger partial charge in [0, 0.05) is 23.3 Å². The summed E-state index contributed by atoms with van der Waals surface area (Å²) in [4.78, 5) is 29.6. The SMILES string of the molecule is CCCNC(=O)NC12CC3CC(C1)CC(NC(=O)c1cccc(C)n1)(C3)C2. The zero-order valence-electron chi connectivity index (χ0n) is 16.3. The first-order valence-electron chi connectivity index (χ1n) is 10.2. The molecule has 5 rings (SSSR count). The fourth-order valence-electron chi connectivity index (χ4n) is 6.05. The van der Waals surface area contributed by atoms with Gasteiger partial charge >= 0.3 is 6.03 Å². The summed E-state index contributed by atoms with van der Waals surface area (Å²) in [6.45, 7) is 4.64. The van der Waals surface area contributed by atoms with Crippen LogP contribution in [0, 0.1) is 18.8 Å². The number of nitrogens with zero attached hydrogens (tertiary/aromatic N) is 1. The molecule has 6 heteroatoms. The van der Waals surface area contributed by atoms with E-state index in [-0.39, 0.29) is 23.0 Å². The van der Waals surface area contributed by atoms with Crippen LogP contribution in [0.5, 0.6) is 0 Å². The van der Waals surface area contributed by atoms with Crippen molar-refractivity contribution >= 4 is 11.9 Å². The summed E-state index contributed by atoms with van der Waals surface area (Å²) >= 11 is 0. The zero-order valence-corrected chi connectivity index (χ0v) is 16.3. The molecule has 0 aliphatic heterocycles. The minimum Gasteiger partial charge on any atom is -0.345 e. The molecule has 0 spiro atoms. The van der Waals surface area contributed by atoms with Crippen LogP contribution in [0.1, 0.15) is 68.1 Å². The lowest BCUT2D eigenvalue weighted by Crippen LogP contribution is -2.70. The van der Waals surface area contributed by atoms with Gasteiger partial charge in [0.1, 0.15) is 5.69 Å². The lowest BCUT2D eigenvalue weighted by Gasteiger charge is -2.62. The van der Waals surface area contributed by atoms with Crippen LogP contribution in [0.2, 0.25) is 0 Å². The lowest BCUT2D eigenvalue weighted by molar-refractivity contribution is -0.0431. The number of carbonyl (C=O) groups excluding carboxylic acids is 2. The Morgan fingerprint density at radius 1 is 1.11 bits per heavy atom. The fourth-order valence-corrected chi connectivity index (χ4v) is 6.05. The molecule has 4 aliphatic rings. The molecule has 3 amide bonds. The van der Waals surface area contributed by atoms with Crippen molar-refractivity contribution in [3.63, 3.8) is 0 Å². The Morgan fingerprint density at radius 3 is 2.41 bits per heavy atom. The second kappa shape index (κ2) is 6.80. The topological polar surface area (TPSA) is 83.1 Å². The number of hydrogen-bond donors (Lipinski definition) is 3. The molecule has 3 N–H and O–H groups in total. The highest BCUT2D eigenvalue weighted by atomic mass is 16.2. The Morgan fingerprint density at radius 2 is 1.78 bits per heavy atom. The normalized spacial score (nSPS) is 33.6. The predicted octanol–water partition coefficient (Wildman–Crippen LogP) is 2.92. The molecular formula is C21H30N4O2. The number of aromatic nitrogens is 1. The smallest absolute Gasteiger partial charge is 0.315 e. The minimum atomic E-state index is -0.218. The monoisotopic (exact) mass is 370 g/mol. The number of nitrogens with one attached hydrogen (secondary N) is 3. The molecule has 2 unspecified atom stereocenters. The first kappa shape index (κ1) is 18.3. The number of amides is 3. The van der Waals surface area contributed by atoms with Gasteiger partial charge in [0.25, 0.3) is 5.91 Å². The lowest BCUT2D eigenvalue weighted by atomic mass is 9.50. The first-order valence-corrected chi connectivity index (χ1v) is 10.2. The molecular weight excluding hydrogens is 340 g/mol. The van der Waals surface area contributed by atoms with Crippen LogP contribution in [0.15, 0.2) is 18.2 Å². The summed E-state index contributed by atoms with van der Waals surface area (Å²) in [5.41, 5.74) is 0.923. The van der Waals surface area contributed by atoms with Gasteiger partial charge in [-0.3, -0.25) is 4.79 Å². The maximum Gasteiger partial charge on any atom is 0.315 e. The average Bonchev–Trinajstić information content (AvgIpc) is 2.58. The summed E-state index contributed by atoms with van der Waals surface area (Å²) in [6, 6.07) is 5.48. The van der Waals surface area contributed by atoms with E-state index in [0.29, 0.717) is 24.1 Å². The molecule has 4 aliphatic carbocycles. The largest absolute Gasteiger partial charge is 0.345 e. The zero-order chi connectivity index (χ0) is 19.1. The number of hydrogen-bond acceptors (Lipinski definition) is 3. The van der Waals surface area contributed by atoms with E-state index >= 15 is 0 Å². The highest BCUT2D eigenvalue weighted by molar-refractivity contribution is 5.92. The summed E-state index contributed by atoms with van der Waals surface area (Å²) in [5.74, 6) is 1.05. The summed E-state index contributed by atoms with van der Waals surface area (Å²) < 4.78 is 0. The number of carbonyl (C=O) groups is 2. The van der Waals surface area contributed by atoms with Crippen LogP contribution < -0.4 is 16.0 Å². The molecule has 4 bridgehead atoms. The van der Waals surface area contributed by atoms with Gasteiger partial charge in [0.15, 0.2) is 0 Å². The van der Waals surface area contributed by atoms with Gasteiger partial charge in [-0.1, -0.05) is 13.0 Å². The molecule has 2 atom stereocenters. The molecule has 1 aromatic heterocycles. The van der Waals surface area contributed by atoms with Gasteiger partial charge in [0.2, 0.25) is 0 Å². The highest BCUT2D eigenvalue weighted by Gasteiger charge is 2.58. The predicted molar refractivity (Wildman–Crippen MR) is 103 cm³/mol. The number of aryl methyl sites for hydroxylation is 1. The second-order valence-electron chi connectivity index (χ2n) is 9.02. The van der Waals surface area contributed by atoms with Gasteiger partial charge in [-0.2, -0.15) is 0 Å². The van der Waals surface area contributed by atoms with Crippen molar-refractivity contribution in [2.75, 3.05) is 6.54 Å². The van der Waals surface area contributed by atoms with Crippen molar-refractivity contribution in [3.05, 3.63) is 29.6 Å². The summed E-state index contributed by atoms with van der Waals surface area (Å²) in [6.07, 6.45) is 7.06. The minimum absolute atomic E-state index is 0.0689. The third-order valence-electron chi connectivity index (χ3n) is 6.48. The molecule has 27 heavy (non-hydrogen) atoms. The van der Waals surface area contributed by atoms with E-state index in [1.54, 1.807) is 6.07 Å². The second-order valence-corrected chi connectivity index (χ2v) is 9.02. The van der Waals surface area contributed by atoms with Crippen LogP contribution >= 0.6 is 0 Å². The molecule has 0 radical (unpaired) electrons. The molecule has 6 nitrogen and oxygen atoms in total. The Labute approximate surface area is 160 Å². The van der Waals surface area contributed by atoms with Crippen LogP contribution in [0.4, 0.5) is 4.79 Å². The quantitative estimate of drug-likeness (QED) is 0.745. The highest BCUT2D eigenvalue weighted by Crippen LogP contribution is 2.57. The Hall–Kier alpha value is -2.11. The maximum absolute atomic E-state index is 12.9. The van der Waals surface area contributed by atoms with E-state index in [9.17, 15) is 9.59 Å². The maximum atomic E-state index is 12.9. The van der Waals surface area contributed by atoms with E-state index in [1.165, 1.54) is 6.42 Å². The molecule has 0 aromatic carbocycles. The molecule has 4 fully saturated rings. The van der Waals surface area contributed by atoms with Gasteiger partial charge in [-0.25, -0.2) is 9.78 Å². The number of rotatable bonds is 5. The molecule has 146 valence electrons. The van der Waals surface area contributed by atoms with Gasteiger partial charge in [-0.05, 0) is 75.8 Å². The first-order chi connectivity index (χ1) is 12.9. The summed E-state index contributed by atoms with van der Waals surface area (Å²) in [7, 11) is 0. The van der Waals surface area contributed by atoms with E-state index in [2.05, 4.69) is 27.9 Å². The van der Waals surface area contributed by atoms with Gasteiger partial charge < -0.3 is 16.0 Å². The third-order valence-corrected chi connectivity index (χ3v) is 6.48.